The molecule has 0 saturated carbocycles. The fourth-order valence-electron chi connectivity index (χ4n) is 11.0. The summed E-state index contributed by atoms with van der Waals surface area (Å²) in [6.07, 6.45) is 0. The number of anilines is 3. The molecule has 9 aromatic carbocycles. The average molecular weight is 795 g/mol. The Hall–Kier alpha value is -7.42. The Morgan fingerprint density at radius 1 is 0.371 bits per heavy atom. The number of hydrogen-bond acceptors (Lipinski definition) is 1. The van der Waals surface area contributed by atoms with Crippen molar-refractivity contribution in [3.8, 4) is 50.2 Å². The van der Waals surface area contributed by atoms with E-state index in [0.29, 0.717) is 0 Å². The maximum absolute atomic E-state index is 2.50. The minimum absolute atomic E-state index is 0.0775. The zero-order valence-electron chi connectivity index (χ0n) is 35.5. The van der Waals surface area contributed by atoms with Crippen molar-refractivity contribution in [1.82, 2.24) is 4.57 Å². The first-order chi connectivity index (χ1) is 30.3. The molecular weight excluding hydrogens is 749 g/mol. The van der Waals surface area contributed by atoms with Crippen LogP contribution in [0.4, 0.5) is 17.1 Å². The number of fused-ring (bicyclic) bond motifs is 9. The number of para-hydroxylation sites is 3. The SMILES string of the molecule is CC1(C)c2ccccc2-c2ccc(-c3cccc(N(c4cccc(-c5cccc6c7ccccc7n(-c7ccccc7)c56)c4)c4cccc5c4-c4ccccc4C5(C)C)c3)cc21. The second kappa shape index (κ2) is 13.5. The first-order valence-electron chi connectivity index (χ1n) is 21.9. The Morgan fingerprint density at radius 2 is 0.919 bits per heavy atom. The Balaban J connectivity index is 1.07. The zero-order valence-corrected chi connectivity index (χ0v) is 35.5. The highest BCUT2D eigenvalue weighted by Crippen LogP contribution is 2.55. The summed E-state index contributed by atoms with van der Waals surface area (Å²) in [6, 6.07) is 76.6. The maximum Gasteiger partial charge on any atom is 0.0619 e. The predicted octanol–water partition coefficient (Wildman–Crippen LogP) is 16.2. The molecule has 0 unspecified atom stereocenters. The molecule has 10 aromatic rings. The van der Waals surface area contributed by atoms with E-state index in [2.05, 4.69) is 243 Å². The first-order valence-corrected chi connectivity index (χ1v) is 21.9. The minimum Gasteiger partial charge on any atom is -0.310 e. The van der Waals surface area contributed by atoms with Crippen LogP contribution in [0.3, 0.4) is 0 Å². The van der Waals surface area contributed by atoms with Gasteiger partial charge >= 0.3 is 0 Å². The lowest BCUT2D eigenvalue weighted by molar-refractivity contribution is 0.660. The first kappa shape index (κ1) is 36.4. The van der Waals surface area contributed by atoms with E-state index in [1.54, 1.807) is 0 Å². The molecule has 12 rings (SSSR count). The van der Waals surface area contributed by atoms with Crippen molar-refractivity contribution in [1.29, 1.82) is 0 Å². The summed E-state index contributed by atoms with van der Waals surface area (Å²) >= 11 is 0. The minimum atomic E-state index is -0.132. The molecule has 1 heterocycles. The van der Waals surface area contributed by atoms with Gasteiger partial charge in [-0.05, 0) is 110 Å². The average Bonchev–Trinajstić information content (AvgIpc) is 3.87. The summed E-state index contributed by atoms with van der Waals surface area (Å²) in [5, 5.41) is 2.50. The topological polar surface area (TPSA) is 8.17 Å². The molecule has 2 nitrogen and oxygen atoms in total. The van der Waals surface area contributed by atoms with E-state index >= 15 is 0 Å². The van der Waals surface area contributed by atoms with Crippen LogP contribution in [0.2, 0.25) is 0 Å². The fraction of sp³-hybridized carbons (Fsp3) is 0.100. The highest BCUT2D eigenvalue weighted by molar-refractivity contribution is 6.14. The van der Waals surface area contributed by atoms with Crippen molar-refractivity contribution >= 4 is 38.9 Å². The van der Waals surface area contributed by atoms with Crippen LogP contribution in [0.15, 0.2) is 206 Å². The molecule has 0 amide bonds. The zero-order chi connectivity index (χ0) is 41.7. The molecule has 0 fully saturated rings. The van der Waals surface area contributed by atoms with E-state index in [1.165, 1.54) is 94.3 Å². The van der Waals surface area contributed by atoms with Crippen LogP contribution in [-0.2, 0) is 10.8 Å². The van der Waals surface area contributed by atoms with Crippen LogP contribution >= 0.6 is 0 Å². The van der Waals surface area contributed by atoms with Crippen LogP contribution < -0.4 is 4.90 Å². The van der Waals surface area contributed by atoms with Crippen molar-refractivity contribution in [2.24, 2.45) is 0 Å². The molecule has 0 bridgehead atoms. The second-order valence-electron chi connectivity index (χ2n) is 18.1. The normalized spacial score (nSPS) is 14.1. The van der Waals surface area contributed by atoms with E-state index in [9.17, 15) is 0 Å². The largest absolute Gasteiger partial charge is 0.310 e. The summed E-state index contributed by atoms with van der Waals surface area (Å²) in [5.74, 6) is 0. The van der Waals surface area contributed by atoms with Crippen LogP contribution in [0.1, 0.15) is 49.9 Å². The fourth-order valence-corrected chi connectivity index (χ4v) is 11.0. The lowest BCUT2D eigenvalue weighted by Gasteiger charge is -2.29. The molecule has 0 aliphatic heterocycles. The molecule has 0 atom stereocenters. The van der Waals surface area contributed by atoms with Gasteiger partial charge in [-0.1, -0.05) is 179 Å². The van der Waals surface area contributed by atoms with Crippen molar-refractivity contribution in [3.63, 3.8) is 0 Å². The van der Waals surface area contributed by atoms with E-state index in [0.717, 1.165) is 17.1 Å². The molecule has 0 N–H and O–H groups in total. The van der Waals surface area contributed by atoms with Gasteiger partial charge < -0.3 is 9.47 Å². The number of benzene rings is 9. The van der Waals surface area contributed by atoms with Gasteiger partial charge in [-0.3, -0.25) is 0 Å². The molecule has 0 saturated heterocycles. The molecular formula is C60H46N2. The summed E-state index contributed by atoms with van der Waals surface area (Å²) in [4.78, 5) is 2.50. The van der Waals surface area contributed by atoms with E-state index in [1.807, 2.05) is 0 Å². The molecule has 1 aromatic heterocycles. The highest BCUT2D eigenvalue weighted by atomic mass is 15.1. The Morgan fingerprint density at radius 3 is 1.73 bits per heavy atom. The number of nitrogens with zero attached hydrogens (tertiary/aromatic N) is 2. The van der Waals surface area contributed by atoms with Crippen molar-refractivity contribution in [3.05, 3.63) is 229 Å². The van der Waals surface area contributed by atoms with Crippen LogP contribution in [-0.4, -0.2) is 4.57 Å². The third-order valence-electron chi connectivity index (χ3n) is 14.0. The summed E-state index contributed by atoms with van der Waals surface area (Å²) in [5.41, 5.74) is 22.3. The lowest BCUT2D eigenvalue weighted by Crippen LogP contribution is -2.16. The van der Waals surface area contributed by atoms with Gasteiger partial charge in [-0.2, -0.15) is 0 Å². The molecule has 62 heavy (non-hydrogen) atoms. The Kier molecular flexibility index (Phi) is 7.96. The monoisotopic (exact) mass is 794 g/mol. The van der Waals surface area contributed by atoms with Gasteiger partial charge in [-0.15, -0.1) is 0 Å². The summed E-state index contributed by atoms with van der Waals surface area (Å²) < 4.78 is 2.44. The van der Waals surface area contributed by atoms with Gasteiger partial charge in [0.2, 0.25) is 0 Å². The number of rotatable bonds is 6. The summed E-state index contributed by atoms with van der Waals surface area (Å²) in [7, 11) is 0. The van der Waals surface area contributed by atoms with E-state index < -0.39 is 0 Å². The Bertz CT molecular complexity index is 3420. The van der Waals surface area contributed by atoms with Gasteiger partial charge in [0.25, 0.3) is 0 Å². The van der Waals surface area contributed by atoms with E-state index in [-0.39, 0.29) is 10.8 Å². The van der Waals surface area contributed by atoms with Gasteiger partial charge in [0.15, 0.2) is 0 Å². The van der Waals surface area contributed by atoms with Crippen molar-refractivity contribution < 1.29 is 0 Å². The molecule has 2 aliphatic carbocycles. The van der Waals surface area contributed by atoms with Gasteiger partial charge in [0, 0.05) is 49.8 Å². The third-order valence-corrected chi connectivity index (χ3v) is 14.0. The van der Waals surface area contributed by atoms with Crippen molar-refractivity contribution in [2.75, 3.05) is 4.90 Å². The smallest absolute Gasteiger partial charge is 0.0619 e. The number of hydrogen-bond donors (Lipinski definition) is 0. The van der Waals surface area contributed by atoms with Gasteiger partial charge in [-0.25, -0.2) is 0 Å². The van der Waals surface area contributed by atoms with Crippen molar-refractivity contribution in [2.45, 2.75) is 38.5 Å². The van der Waals surface area contributed by atoms with Crippen LogP contribution in [0, 0.1) is 0 Å². The van der Waals surface area contributed by atoms with Crippen LogP contribution in [0.5, 0.6) is 0 Å². The predicted molar refractivity (Wildman–Crippen MR) is 261 cm³/mol. The summed E-state index contributed by atoms with van der Waals surface area (Å²) in [6.45, 7) is 9.46. The highest BCUT2D eigenvalue weighted by Gasteiger charge is 2.38. The van der Waals surface area contributed by atoms with Gasteiger partial charge in [0.1, 0.15) is 0 Å². The molecule has 296 valence electrons. The quantitative estimate of drug-likeness (QED) is 0.163. The van der Waals surface area contributed by atoms with Gasteiger partial charge in [0.05, 0.1) is 16.7 Å². The molecule has 2 heteroatoms. The second-order valence-corrected chi connectivity index (χ2v) is 18.1. The van der Waals surface area contributed by atoms with E-state index in [4.69, 9.17) is 0 Å². The number of aromatic nitrogens is 1. The maximum atomic E-state index is 2.50. The molecule has 2 aliphatic rings. The Labute approximate surface area is 364 Å². The standard InChI is InChI=1S/C60H46N2/c1-59(2)52-30-12-9-26-50(52)57-53(59)31-17-33-56(57)61(43-22-14-18-39(36-43)40-34-35-47-46-24-8-11-29-51(46)60(3,4)54(47)38-40)44-23-15-19-41(37-44)45-27-16-28-49-48-25-10-13-32-55(48)62(58(45)49)42-20-6-5-7-21-42/h5-38H,1-4H3. The lowest BCUT2D eigenvalue weighted by atomic mass is 9.81. The molecule has 0 spiro atoms. The third kappa shape index (κ3) is 5.29. The molecule has 0 radical (unpaired) electrons. The van der Waals surface area contributed by atoms with Crippen LogP contribution in [0.25, 0.3) is 72.0 Å².